The molecular formula is C14H20N4. The topological polar surface area (TPSA) is 56.7 Å². The van der Waals surface area contributed by atoms with E-state index in [2.05, 4.69) is 48.4 Å². The fourth-order valence-electron chi connectivity index (χ4n) is 2.06. The maximum Gasteiger partial charge on any atom is 0.0999 e. The van der Waals surface area contributed by atoms with E-state index in [9.17, 15) is 0 Å². The summed E-state index contributed by atoms with van der Waals surface area (Å²) in [5.74, 6) is 0. The van der Waals surface area contributed by atoms with Crippen molar-refractivity contribution >= 4 is 0 Å². The van der Waals surface area contributed by atoms with Crippen LogP contribution in [0.25, 0.3) is 5.69 Å². The van der Waals surface area contributed by atoms with Gasteiger partial charge in [0.15, 0.2) is 0 Å². The number of rotatable bonds is 5. The van der Waals surface area contributed by atoms with Gasteiger partial charge in [0.2, 0.25) is 0 Å². The Morgan fingerprint density at radius 1 is 1.17 bits per heavy atom. The van der Waals surface area contributed by atoms with Crippen molar-refractivity contribution in [3.8, 4) is 5.69 Å². The molecule has 0 radical (unpaired) electrons. The van der Waals surface area contributed by atoms with Crippen molar-refractivity contribution in [2.75, 3.05) is 0 Å². The number of hydrogen-bond acceptors (Lipinski definition) is 3. The van der Waals surface area contributed by atoms with Crippen LogP contribution < -0.4 is 5.73 Å². The zero-order valence-corrected chi connectivity index (χ0v) is 11.1. The van der Waals surface area contributed by atoms with Crippen molar-refractivity contribution in [2.45, 2.75) is 39.7 Å². The standard InChI is InChI=1S/C14H20N4/c1-3-5-14-13(10-15)16-17-18(14)12-8-6-11(4-2)7-9-12/h6-9H,3-5,10,15H2,1-2H3. The summed E-state index contributed by atoms with van der Waals surface area (Å²) in [4.78, 5) is 0. The molecule has 1 aromatic carbocycles. The Morgan fingerprint density at radius 2 is 1.89 bits per heavy atom. The number of nitrogens with two attached hydrogens (primary N) is 1. The lowest BCUT2D eigenvalue weighted by molar-refractivity contribution is 0.745. The third-order valence-electron chi connectivity index (χ3n) is 3.11. The molecule has 0 amide bonds. The van der Waals surface area contributed by atoms with Crippen molar-refractivity contribution < 1.29 is 0 Å². The van der Waals surface area contributed by atoms with Gasteiger partial charge in [0.1, 0.15) is 0 Å². The molecule has 4 heteroatoms. The summed E-state index contributed by atoms with van der Waals surface area (Å²) >= 11 is 0. The Kier molecular flexibility index (Phi) is 4.10. The lowest BCUT2D eigenvalue weighted by Crippen LogP contribution is -2.06. The molecule has 2 N–H and O–H groups in total. The van der Waals surface area contributed by atoms with Crippen LogP contribution in [0.5, 0.6) is 0 Å². The van der Waals surface area contributed by atoms with Crippen LogP contribution in [0.3, 0.4) is 0 Å². The molecule has 1 aromatic heterocycles. The first-order valence-corrected chi connectivity index (χ1v) is 6.53. The van der Waals surface area contributed by atoms with E-state index in [4.69, 9.17) is 5.73 Å². The third-order valence-corrected chi connectivity index (χ3v) is 3.11. The molecule has 0 atom stereocenters. The fraction of sp³-hybridized carbons (Fsp3) is 0.429. The van der Waals surface area contributed by atoms with Gasteiger partial charge in [-0.05, 0) is 30.5 Å². The van der Waals surface area contributed by atoms with Crippen molar-refractivity contribution in [1.29, 1.82) is 0 Å². The van der Waals surface area contributed by atoms with Crippen LogP contribution in [0.1, 0.15) is 37.2 Å². The molecule has 0 aliphatic heterocycles. The van der Waals surface area contributed by atoms with Gasteiger partial charge in [-0.15, -0.1) is 5.10 Å². The van der Waals surface area contributed by atoms with Crippen LogP contribution in [0.15, 0.2) is 24.3 Å². The maximum absolute atomic E-state index is 5.70. The Hall–Kier alpha value is -1.68. The number of benzene rings is 1. The smallest absolute Gasteiger partial charge is 0.0999 e. The minimum atomic E-state index is 0.447. The Morgan fingerprint density at radius 3 is 2.44 bits per heavy atom. The molecule has 0 bridgehead atoms. The molecule has 4 nitrogen and oxygen atoms in total. The van der Waals surface area contributed by atoms with Gasteiger partial charge >= 0.3 is 0 Å². The summed E-state index contributed by atoms with van der Waals surface area (Å²) in [6, 6.07) is 8.45. The van der Waals surface area contributed by atoms with Crippen LogP contribution >= 0.6 is 0 Å². The minimum absolute atomic E-state index is 0.447. The lowest BCUT2D eigenvalue weighted by Gasteiger charge is -2.07. The second kappa shape index (κ2) is 5.78. The molecule has 2 aromatic rings. The zero-order valence-electron chi connectivity index (χ0n) is 11.1. The van der Waals surface area contributed by atoms with E-state index in [1.54, 1.807) is 0 Å². The molecule has 0 aliphatic carbocycles. The summed E-state index contributed by atoms with van der Waals surface area (Å²) in [7, 11) is 0. The van der Waals surface area contributed by atoms with E-state index in [0.29, 0.717) is 6.54 Å². The molecular weight excluding hydrogens is 224 g/mol. The predicted octanol–water partition coefficient (Wildman–Crippen LogP) is 2.24. The number of aryl methyl sites for hydroxylation is 1. The summed E-state index contributed by atoms with van der Waals surface area (Å²) in [5, 5.41) is 8.38. The highest BCUT2D eigenvalue weighted by molar-refractivity contribution is 5.36. The van der Waals surface area contributed by atoms with Gasteiger partial charge in [-0.3, -0.25) is 0 Å². The van der Waals surface area contributed by atoms with Gasteiger partial charge in [-0.25, -0.2) is 4.68 Å². The van der Waals surface area contributed by atoms with E-state index in [1.807, 2.05) is 4.68 Å². The van der Waals surface area contributed by atoms with Gasteiger partial charge in [0.25, 0.3) is 0 Å². The van der Waals surface area contributed by atoms with Gasteiger partial charge in [0, 0.05) is 6.54 Å². The van der Waals surface area contributed by atoms with Gasteiger partial charge in [0.05, 0.1) is 17.1 Å². The van der Waals surface area contributed by atoms with Crippen LogP contribution in [0, 0.1) is 0 Å². The second-order valence-electron chi connectivity index (χ2n) is 4.37. The van der Waals surface area contributed by atoms with E-state index < -0.39 is 0 Å². The Balaban J connectivity index is 2.39. The summed E-state index contributed by atoms with van der Waals surface area (Å²) in [6.07, 6.45) is 3.07. The zero-order chi connectivity index (χ0) is 13.0. The summed E-state index contributed by atoms with van der Waals surface area (Å²) < 4.78 is 1.91. The first-order valence-electron chi connectivity index (χ1n) is 6.53. The number of nitrogens with zero attached hydrogens (tertiary/aromatic N) is 3. The average molecular weight is 244 g/mol. The van der Waals surface area contributed by atoms with Crippen LogP contribution in [-0.2, 0) is 19.4 Å². The highest BCUT2D eigenvalue weighted by Gasteiger charge is 2.11. The molecule has 0 unspecified atom stereocenters. The van der Waals surface area contributed by atoms with Crippen molar-refractivity contribution in [1.82, 2.24) is 15.0 Å². The van der Waals surface area contributed by atoms with Crippen molar-refractivity contribution in [2.24, 2.45) is 5.73 Å². The van der Waals surface area contributed by atoms with E-state index in [-0.39, 0.29) is 0 Å². The lowest BCUT2D eigenvalue weighted by atomic mass is 10.1. The molecule has 2 rings (SSSR count). The summed E-state index contributed by atoms with van der Waals surface area (Å²) in [5.41, 5.74) is 10.1. The third kappa shape index (κ3) is 2.43. The predicted molar refractivity (Wildman–Crippen MR) is 72.6 cm³/mol. The van der Waals surface area contributed by atoms with Gasteiger partial charge in [-0.2, -0.15) is 0 Å². The van der Waals surface area contributed by atoms with Crippen molar-refractivity contribution in [3.63, 3.8) is 0 Å². The van der Waals surface area contributed by atoms with Crippen molar-refractivity contribution in [3.05, 3.63) is 41.2 Å². The van der Waals surface area contributed by atoms with E-state index in [0.717, 1.165) is 36.3 Å². The van der Waals surface area contributed by atoms with Crippen LogP contribution in [0.2, 0.25) is 0 Å². The quantitative estimate of drug-likeness (QED) is 0.877. The summed E-state index contributed by atoms with van der Waals surface area (Å²) in [6.45, 7) is 4.75. The Labute approximate surface area is 108 Å². The fourth-order valence-corrected chi connectivity index (χ4v) is 2.06. The molecule has 1 heterocycles. The molecule has 18 heavy (non-hydrogen) atoms. The van der Waals surface area contributed by atoms with Gasteiger partial charge < -0.3 is 5.73 Å². The highest BCUT2D eigenvalue weighted by atomic mass is 15.4. The normalized spacial score (nSPS) is 10.8. The minimum Gasteiger partial charge on any atom is -0.325 e. The largest absolute Gasteiger partial charge is 0.325 e. The molecule has 0 spiro atoms. The van der Waals surface area contributed by atoms with E-state index in [1.165, 1.54) is 5.56 Å². The number of hydrogen-bond donors (Lipinski definition) is 1. The van der Waals surface area contributed by atoms with Crippen LogP contribution in [-0.4, -0.2) is 15.0 Å². The molecule has 0 saturated heterocycles. The molecule has 0 saturated carbocycles. The van der Waals surface area contributed by atoms with Gasteiger partial charge in [-0.1, -0.05) is 37.6 Å². The first-order chi connectivity index (χ1) is 8.80. The Bertz CT molecular complexity index is 499. The first kappa shape index (κ1) is 12.8. The SMILES string of the molecule is CCCc1c(CN)nnn1-c1ccc(CC)cc1. The monoisotopic (exact) mass is 244 g/mol. The van der Waals surface area contributed by atoms with Crippen LogP contribution in [0.4, 0.5) is 0 Å². The van der Waals surface area contributed by atoms with E-state index >= 15 is 0 Å². The molecule has 0 aliphatic rings. The second-order valence-corrected chi connectivity index (χ2v) is 4.37. The highest BCUT2D eigenvalue weighted by Crippen LogP contribution is 2.15. The molecule has 0 fully saturated rings. The molecule has 96 valence electrons. The number of aromatic nitrogens is 3. The maximum atomic E-state index is 5.70. The average Bonchev–Trinajstić information content (AvgIpc) is 2.82.